The summed E-state index contributed by atoms with van der Waals surface area (Å²) in [7, 11) is 0. The maximum absolute atomic E-state index is 12.3. The molecule has 1 heterocycles. The third kappa shape index (κ3) is 4.78. The minimum Gasteiger partial charge on any atom is -0.492 e. The molecule has 1 saturated heterocycles. The Hall–Kier alpha value is -2.57. The van der Waals surface area contributed by atoms with Gasteiger partial charge in [0, 0.05) is 19.0 Å². The van der Waals surface area contributed by atoms with E-state index in [9.17, 15) is 14.4 Å². The predicted octanol–water partition coefficient (Wildman–Crippen LogP) is 2.36. The van der Waals surface area contributed by atoms with Crippen LogP contribution in [0.1, 0.15) is 39.0 Å². The van der Waals surface area contributed by atoms with E-state index in [4.69, 9.17) is 9.47 Å². The Bertz CT molecular complexity index is 699. The third-order valence-electron chi connectivity index (χ3n) is 5.06. The summed E-state index contributed by atoms with van der Waals surface area (Å²) in [5.74, 6) is -0.835. The van der Waals surface area contributed by atoms with Crippen molar-refractivity contribution in [3.8, 4) is 5.75 Å². The molecule has 7 nitrogen and oxygen atoms in total. The van der Waals surface area contributed by atoms with Crippen LogP contribution >= 0.6 is 0 Å². The van der Waals surface area contributed by atoms with Crippen LogP contribution in [0.25, 0.3) is 0 Å². The summed E-state index contributed by atoms with van der Waals surface area (Å²) in [6, 6.07) is 7.33. The third-order valence-corrected chi connectivity index (χ3v) is 5.06. The number of para-hydroxylation sites is 2. The number of ether oxygens (including phenoxy) is 2. The molecule has 1 saturated carbocycles. The van der Waals surface area contributed by atoms with Gasteiger partial charge in [0.2, 0.25) is 5.91 Å². The summed E-state index contributed by atoms with van der Waals surface area (Å²) in [6.07, 6.45) is 4.45. The zero-order valence-electron chi connectivity index (χ0n) is 15.6. The molecule has 0 aromatic heterocycles. The van der Waals surface area contributed by atoms with Crippen LogP contribution < -0.4 is 10.1 Å². The average molecular weight is 374 g/mol. The van der Waals surface area contributed by atoms with Crippen LogP contribution in [0.5, 0.6) is 5.75 Å². The Labute approximate surface area is 159 Å². The molecular formula is C20H26N2O5. The number of hydrogen-bond donors (Lipinski definition) is 1. The van der Waals surface area contributed by atoms with E-state index in [1.807, 2.05) is 17.9 Å². The van der Waals surface area contributed by atoms with Crippen molar-refractivity contribution in [1.29, 1.82) is 0 Å². The van der Waals surface area contributed by atoms with Gasteiger partial charge in [0.1, 0.15) is 5.75 Å². The van der Waals surface area contributed by atoms with Gasteiger partial charge in [-0.2, -0.15) is 0 Å². The SMILES string of the molecule is CCOc1ccccc1NC(=O)COC(=O)[C@@H]1CC(=O)N(C2CCCC2)C1. The molecule has 0 bridgehead atoms. The average Bonchev–Trinajstić information content (AvgIpc) is 3.31. The first kappa shape index (κ1) is 19.2. The van der Waals surface area contributed by atoms with E-state index in [1.54, 1.807) is 18.2 Å². The van der Waals surface area contributed by atoms with E-state index in [0.717, 1.165) is 25.7 Å². The summed E-state index contributed by atoms with van der Waals surface area (Å²) in [6.45, 7) is 2.36. The number of likely N-dealkylation sites (tertiary alicyclic amines) is 1. The van der Waals surface area contributed by atoms with Gasteiger partial charge in [-0.15, -0.1) is 0 Å². The van der Waals surface area contributed by atoms with Gasteiger partial charge in [0.05, 0.1) is 18.2 Å². The van der Waals surface area contributed by atoms with Gasteiger partial charge in [-0.3, -0.25) is 14.4 Å². The minimum atomic E-state index is -0.489. The number of nitrogens with one attached hydrogen (secondary N) is 1. The number of benzene rings is 1. The van der Waals surface area contributed by atoms with E-state index >= 15 is 0 Å². The number of nitrogens with zero attached hydrogens (tertiary/aromatic N) is 1. The second kappa shape index (κ2) is 8.88. The van der Waals surface area contributed by atoms with Crippen molar-refractivity contribution in [3.63, 3.8) is 0 Å². The highest BCUT2D eigenvalue weighted by Gasteiger charge is 2.39. The van der Waals surface area contributed by atoms with Gasteiger partial charge >= 0.3 is 5.97 Å². The van der Waals surface area contributed by atoms with Crippen molar-refractivity contribution >= 4 is 23.5 Å². The second-order valence-electron chi connectivity index (χ2n) is 6.97. The molecule has 2 amide bonds. The topological polar surface area (TPSA) is 84.9 Å². The van der Waals surface area contributed by atoms with Crippen molar-refractivity contribution in [2.24, 2.45) is 5.92 Å². The van der Waals surface area contributed by atoms with Gasteiger partial charge < -0.3 is 19.7 Å². The lowest BCUT2D eigenvalue weighted by Gasteiger charge is -2.23. The second-order valence-corrected chi connectivity index (χ2v) is 6.97. The van der Waals surface area contributed by atoms with Gasteiger partial charge in [-0.25, -0.2) is 0 Å². The van der Waals surface area contributed by atoms with Crippen LogP contribution in [0.3, 0.4) is 0 Å². The number of rotatable bonds is 7. The molecule has 2 fully saturated rings. The van der Waals surface area contributed by atoms with Crippen LogP contribution in [0, 0.1) is 5.92 Å². The molecule has 3 rings (SSSR count). The number of hydrogen-bond acceptors (Lipinski definition) is 5. The molecule has 2 aliphatic rings. The fraction of sp³-hybridized carbons (Fsp3) is 0.550. The summed E-state index contributed by atoms with van der Waals surface area (Å²) in [5.41, 5.74) is 0.531. The molecule has 27 heavy (non-hydrogen) atoms. The highest BCUT2D eigenvalue weighted by molar-refractivity contribution is 5.94. The number of carbonyl (C=O) groups excluding carboxylic acids is 3. The minimum absolute atomic E-state index is 0.0129. The molecule has 0 radical (unpaired) electrons. The zero-order chi connectivity index (χ0) is 19.2. The van der Waals surface area contributed by atoms with Crippen LogP contribution in [-0.4, -0.2) is 48.5 Å². The Morgan fingerprint density at radius 3 is 2.70 bits per heavy atom. The first-order valence-electron chi connectivity index (χ1n) is 9.56. The van der Waals surface area contributed by atoms with E-state index in [-0.39, 0.29) is 25.0 Å². The van der Waals surface area contributed by atoms with Gasteiger partial charge in [0.15, 0.2) is 6.61 Å². The van der Waals surface area contributed by atoms with E-state index in [2.05, 4.69) is 5.32 Å². The Morgan fingerprint density at radius 1 is 1.22 bits per heavy atom. The summed E-state index contributed by atoms with van der Waals surface area (Å²) in [5, 5.41) is 2.69. The zero-order valence-corrected chi connectivity index (χ0v) is 15.6. The Balaban J connectivity index is 1.48. The smallest absolute Gasteiger partial charge is 0.311 e. The Morgan fingerprint density at radius 2 is 1.96 bits per heavy atom. The summed E-state index contributed by atoms with van der Waals surface area (Å²) >= 11 is 0. The quantitative estimate of drug-likeness (QED) is 0.741. The van der Waals surface area contributed by atoms with Crippen molar-refractivity contribution in [2.75, 3.05) is 25.1 Å². The van der Waals surface area contributed by atoms with Crippen LogP contribution in [0.2, 0.25) is 0 Å². The number of esters is 1. The first-order chi connectivity index (χ1) is 13.1. The maximum Gasteiger partial charge on any atom is 0.311 e. The number of carbonyl (C=O) groups is 3. The lowest BCUT2D eigenvalue weighted by Crippen LogP contribution is -2.35. The van der Waals surface area contributed by atoms with E-state index < -0.39 is 17.8 Å². The lowest BCUT2D eigenvalue weighted by molar-refractivity contribution is -0.151. The summed E-state index contributed by atoms with van der Waals surface area (Å²) in [4.78, 5) is 38.4. The first-order valence-corrected chi connectivity index (χ1v) is 9.56. The molecule has 0 spiro atoms. The van der Waals surface area contributed by atoms with Crippen LogP contribution in [0.4, 0.5) is 5.69 Å². The molecule has 1 aliphatic carbocycles. The van der Waals surface area contributed by atoms with Crippen molar-refractivity contribution in [2.45, 2.75) is 45.1 Å². The molecular weight excluding hydrogens is 348 g/mol. The lowest BCUT2D eigenvalue weighted by atomic mass is 10.1. The monoisotopic (exact) mass is 374 g/mol. The summed E-state index contributed by atoms with van der Waals surface area (Å²) < 4.78 is 10.6. The molecule has 146 valence electrons. The highest BCUT2D eigenvalue weighted by atomic mass is 16.5. The normalized spacial score (nSPS) is 20.0. The Kier molecular flexibility index (Phi) is 6.32. The fourth-order valence-corrected chi connectivity index (χ4v) is 3.75. The number of amides is 2. The largest absolute Gasteiger partial charge is 0.492 e. The molecule has 0 unspecified atom stereocenters. The number of anilines is 1. The fourth-order valence-electron chi connectivity index (χ4n) is 3.75. The highest BCUT2D eigenvalue weighted by Crippen LogP contribution is 2.30. The van der Waals surface area contributed by atoms with E-state index in [0.29, 0.717) is 24.6 Å². The van der Waals surface area contributed by atoms with Crippen molar-refractivity contribution < 1.29 is 23.9 Å². The predicted molar refractivity (Wildman–Crippen MR) is 99.3 cm³/mol. The maximum atomic E-state index is 12.3. The molecule has 1 aromatic rings. The van der Waals surface area contributed by atoms with Gasteiger partial charge in [0.25, 0.3) is 5.91 Å². The van der Waals surface area contributed by atoms with Crippen LogP contribution in [0.15, 0.2) is 24.3 Å². The molecule has 7 heteroatoms. The van der Waals surface area contributed by atoms with Gasteiger partial charge in [-0.05, 0) is 31.9 Å². The molecule has 1 N–H and O–H groups in total. The molecule has 1 aliphatic heterocycles. The van der Waals surface area contributed by atoms with Crippen molar-refractivity contribution in [3.05, 3.63) is 24.3 Å². The standard InChI is InChI=1S/C20H26N2O5/c1-2-26-17-10-6-5-9-16(17)21-18(23)13-27-20(25)14-11-19(24)22(12-14)15-7-3-4-8-15/h5-6,9-10,14-15H,2-4,7-8,11-13H2,1H3,(H,21,23)/t14-/m1/s1. The van der Waals surface area contributed by atoms with E-state index in [1.165, 1.54) is 0 Å². The molecule has 1 aromatic carbocycles. The van der Waals surface area contributed by atoms with Crippen LogP contribution in [-0.2, 0) is 19.1 Å². The molecule has 1 atom stereocenters. The van der Waals surface area contributed by atoms with Crippen molar-refractivity contribution in [1.82, 2.24) is 4.90 Å². The van der Waals surface area contributed by atoms with Gasteiger partial charge in [-0.1, -0.05) is 25.0 Å².